The molecule has 1 fully saturated rings. The standard InChI is InChI=1S/C18H25N5OS/c1-3-12-23-16(14-8-10-19-11-9-14)21-22-18(23)25-13(2)17(24)20-15-6-4-5-7-15/h8-11,13,15H,3-7,12H2,1-2H3,(H,20,24). The van der Waals surface area contributed by atoms with Crippen molar-refractivity contribution in [2.45, 2.75) is 68.9 Å². The van der Waals surface area contributed by atoms with Gasteiger partial charge in [0.1, 0.15) is 0 Å². The minimum absolute atomic E-state index is 0.0911. The molecule has 0 saturated heterocycles. The Balaban J connectivity index is 1.73. The highest BCUT2D eigenvalue weighted by molar-refractivity contribution is 8.00. The van der Waals surface area contributed by atoms with Crippen molar-refractivity contribution < 1.29 is 4.79 Å². The van der Waals surface area contributed by atoms with E-state index in [1.54, 1.807) is 12.4 Å². The predicted octanol–water partition coefficient (Wildman–Crippen LogP) is 3.29. The largest absolute Gasteiger partial charge is 0.352 e. The van der Waals surface area contributed by atoms with Gasteiger partial charge in [0.25, 0.3) is 0 Å². The van der Waals surface area contributed by atoms with E-state index in [1.807, 2.05) is 19.1 Å². The van der Waals surface area contributed by atoms with Crippen LogP contribution in [-0.4, -0.2) is 36.9 Å². The van der Waals surface area contributed by atoms with Gasteiger partial charge in [-0.1, -0.05) is 31.5 Å². The SMILES string of the molecule is CCCn1c(SC(C)C(=O)NC2CCCC2)nnc1-c1ccncc1. The lowest BCUT2D eigenvalue weighted by atomic mass is 10.2. The molecule has 0 radical (unpaired) electrons. The van der Waals surface area contributed by atoms with Crippen LogP contribution in [-0.2, 0) is 11.3 Å². The summed E-state index contributed by atoms with van der Waals surface area (Å²) < 4.78 is 2.10. The third-order valence-electron chi connectivity index (χ3n) is 4.46. The summed E-state index contributed by atoms with van der Waals surface area (Å²) in [5.41, 5.74) is 0.992. The van der Waals surface area contributed by atoms with Gasteiger partial charge in [-0.3, -0.25) is 9.78 Å². The highest BCUT2D eigenvalue weighted by atomic mass is 32.2. The highest BCUT2D eigenvalue weighted by Crippen LogP contribution is 2.27. The molecule has 2 aromatic rings. The number of hydrogen-bond acceptors (Lipinski definition) is 5. The number of amides is 1. The van der Waals surface area contributed by atoms with E-state index in [4.69, 9.17) is 0 Å². The monoisotopic (exact) mass is 359 g/mol. The Morgan fingerprint density at radius 3 is 2.72 bits per heavy atom. The van der Waals surface area contributed by atoms with E-state index in [9.17, 15) is 4.79 Å². The summed E-state index contributed by atoms with van der Waals surface area (Å²) in [7, 11) is 0. The second-order valence-corrected chi connectivity index (χ2v) is 7.75. The van der Waals surface area contributed by atoms with Crippen molar-refractivity contribution in [1.29, 1.82) is 0 Å². The highest BCUT2D eigenvalue weighted by Gasteiger charge is 2.23. The van der Waals surface area contributed by atoms with Crippen molar-refractivity contribution in [2.24, 2.45) is 0 Å². The van der Waals surface area contributed by atoms with E-state index in [0.29, 0.717) is 6.04 Å². The fourth-order valence-corrected chi connectivity index (χ4v) is 4.00. The van der Waals surface area contributed by atoms with Crippen LogP contribution in [0.4, 0.5) is 0 Å². The van der Waals surface area contributed by atoms with Crippen molar-refractivity contribution in [1.82, 2.24) is 25.1 Å². The number of carbonyl (C=O) groups excluding carboxylic acids is 1. The molecule has 134 valence electrons. The number of aromatic nitrogens is 4. The maximum atomic E-state index is 12.5. The third kappa shape index (κ3) is 4.39. The minimum atomic E-state index is -0.189. The van der Waals surface area contributed by atoms with Crippen molar-refractivity contribution >= 4 is 17.7 Å². The van der Waals surface area contributed by atoms with Crippen molar-refractivity contribution in [3.05, 3.63) is 24.5 Å². The molecule has 3 rings (SSSR count). The van der Waals surface area contributed by atoms with Crippen LogP contribution >= 0.6 is 11.8 Å². The molecule has 1 aliphatic rings. The molecule has 0 aliphatic heterocycles. The fraction of sp³-hybridized carbons (Fsp3) is 0.556. The maximum absolute atomic E-state index is 12.5. The zero-order valence-corrected chi connectivity index (χ0v) is 15.6. The third-order valence-corrected chi connectivity index (χ3v) is 5.54. The molecule has 0 bridgehead atoms. The van der Waals surface area contributed by atoms with Gasteiger partial charge in [0.05, 0.1) is 5.25 Å². The van der Waals surface area contributed by atoms with Gasteiger partial charge < -0.3 is 9.88 Å². The van der Waals surface area contributed by atoms with Crippen LogP contribution in [0.25, 0.3) is 11.4 Å². The van der Waals surface area contributed by atoms with E-state index < -0.39 is 0 Å². The lowest BCUT2D eigenvalue weighted by Gasteiger charge is -2.16. The molecule has 1 saturated carbocycles. The summed E-state index contributed by atoms with van der Waals surface area (Å²) in [6, 6.07) is 4.21. The second-order valence-electron chi connectivity index (χ2n) is 6.44. The summed E-state index contributed by atoms with van der Waals surface area (Å²) in [6.45, 7) is 4.89. The molecular formula is C18H25N5OS. The molecule has 7 heteroatoms. The van der Waals surface area contributed by atoms with Gasteiger partial charge in [-0.25, -0.2) is 0 Å². The number of pyridine rings is 1. The smallest absolute Gasteiger partial charge is 0.233 e. The summed E-state index contributed by atoms with van der Waals surface area (Å²) in [4.78, 5) is 16.5. The number of rotatable bonds is 7. The topological polar surface area (TPSA) is 72.7 Å². The van der Waals surface area contributed by atoms with E-state index in [1.165, 1.54) is 24.6 Å². The quantitative estimate of drug-likeness (QED) is 0.768. The molecule has 2 aromatic heterocycles. The fourth-order valence-electron chi connectivity index (χ4n) is 3.12. The Morgan fingerprint density at radius 2 is 2.04 bits per heavy atom. The number of nitrogens with one attached hydrogen (secondary N) is 1. The Bertz CT molecular complexity index is 697. The molecule has 0 aromatic carbocycles. The van der Waals surface area contributed by atoms with Crippen LogP contribution in [0.3, 0.4) is 0 Å². The molecule has 1 aliphatic carbocycles. The first-order chi connectivity index (χ1) is 12.2. The first kappa shape index (κ1) is 17.9. The first-order valence-electron chi connectivity index (χ1n) is 8.99. The van der Waals surface area contributed by atoms with Crippen molar-refractivity contribution in [2.75, 3.05) is 0 Å². The molecule has 1 unspecified atom stereocenters. The zero-order valence-electron chi connectivity index (χ0n) is 14.8. The van der Waals surface area contributed by atoms with Crippen molar-refractivity contribution in [3.8, 4) is 11.4 Å². The first-order valence-corrected chi connectivity index (χ1v) is 9.87. The van der Waals surface area contributed by atoms with Crippen LogP contribution in [0.2, 0.25) is 0 Å². The number of carbonyl (C=O) groups is 1. The van der Waals surface area contributed by atoms with Crippen LogP contribution in [0.5, 0.6) is 0 Å². The normalized spacial score (nSPS) is 16.1. The van der Waals surface area contributed by atoms with Gasteiger partial charge in [-0.2, -0.15) is 0 Å². The summed E-state index contributed by atoms with van der Waals surface area (Å²) in [5.74, 6) is 0.920. The van der Waals surface area contributed by atoms with Crippen LogP contribution < -0.4 is 5.32 Å². The number of nitrogens with zero attached hydrogens (tertiary/aromatic N) is 4. The average molecular weight is 359 g/mol. The Labute approximate surface area is 152 Å². The lowest BCUT2D eigenvalue weighted by Crippen LogP contribution is -2.37. The summed E-state index contributed by atoms with van der Waals surface area (Å²) in [6.07, 6.45) is 9.11. The molecule has 1 atom stereocenters. The van der Waals surface area contributed by atoms with Crippen LogP contribution in [0.15, 0.2) is 29.7 Å². The second kappa shape index (κ2) is 8.47. The maximum Gasteiger partial charge on any atom is 0.233 e. The van der Waals surface area contributed by atoms with E-state index in [2.05, 4.69) is 32.0 Å². The van der Waals surface area contributed by atoms with Crippen molar-refractivity contribution in [3.63, 3.8) is 0 Å². The van der Waals surface area contributed by atoms with E-state index in [-0.39, 0.29) is 11.2 Å². The van der Waals surface area contributed by atoms with Gasteiger partial charge >= 0.3 is 0 Å². The molecular weight excluding hydrogens is 334 g/mol. The molecule has 25 heavy (non-hydrogen) atoms. The van der Waals surface area contributed by atoms with Gasteiger partial charge in [-0.15, -0.1) is 10.2 Å². The molecule has 2 heterocycles. The Hall–Kier alpha value is -1.89. The van der Waals surface area contributed by atoms with Crippen LogP contribution in [0.1, 0.15) is 46.0 Å². The Morgan fingerprint density at radius 1 is 1.32 bits per heavy atom. The van der Waals surface area contributed by atoms with Gasteiger partial charge in [0.15, 0.2) is 11.0 Å². The molecule has 0 spiro atoms. The van der Waals surface area contributed by atoms with Crippen LogP contribution in [0, 0.1) is 0 Å². The average Bonchev–Trinajstić information content (AvgIpc) is 3.26. The van der Waals surface area contributed by atoms with Gasteiger partial charge in [0, 0.05) is 30.5 Å². The summed E-state index contributed by atoms with van der Waals surface area (Å²) in [5, 5.41) is 12.5. The Kier molecular flexibility index (Phi) is 6.07. The number of thioether (sulfide) groups is 1. The van der Waals surface area contributed by atoms with E-state index >= 15 is 0 Å². The summed E-state index contributed by atoms with van der Waals surface area (Å²) >= 11 is 1.48. The van der Waals surface area contributed by atoms with Gasteiger partial charge in [0.2, 0.25) is 5.91 Å². The molecule has 1 N–H and O–H groups in total. The zero-order chi connectivity index (χ0) is 17.6. The van der Waals surface area contributed by atoms with E-state index in [0.717, 1.165) is 42.4 Å². The minimum Gasteiger partial charge on any atom is -0.352 e. The molecule has 1 amide bonds. The molecule has 6 nitrogen and oxygen atoms in total. The number of hydrogen-bond donors (Lipinski definition) is 1. The predicted molar refractivity (Wildman–Crippen MR) is 99.3 cm³/mol. The lowest BCUT2D eigenvalue weighted by molar-refractivity contribution is -0.120. The van der Waals surface area contributed by atoms with Gasteiger partial charge in [-0.05, 0) is 38.3 Å².